The fraction of sp³-hybridized carbons (Fsp3) is 0.333. The molecule has 18 heavy (non-hydrogen) atoms. The summed E-state index contributed by atoms with van der Waals surface area (Å²) in [5, 5.41) is 0. The van der Waals surface area contributed by atoms with Crippen LogP contribution in [-0.4, -0.2) is 25.5 Å². The summed E-state index contributed by atoms with van der Waals surface area (Å²) in [5.41, 5.74) is 9.98. The predicted molar refractivity (Wildman–Crippen MR) is 70.2 cm³/mol. The van der Waals surface area contributed by atoms with E-state index in [2.05, 4.69) is 15.2 Å². The molecule has 0 aliphatic carbocycles. The number of esters is 1. The van der Waals surface area contributed by atoms with Gasteiger partial charge in [-0.3, -0.25) is 4.79 Å². The van der Waals surface area contributed by atoms with Gasteiger partial charge in [-0.2, -0.15) is 0 Å². The van der Waals surface area contributed by atoms with Crippen molar-refractivity contribution in [1.29, 1.82) is 0 Å². The number of carbonyl (C=O) groups is 1. The van der Waals surface area contributed by atoms with Crippen molar-refractivity contribution in [2.75, 3.05) is 7.11 Å². The maximum Gasteiger partial charge on any atom is 0.307 e. The Hall–Kier alpha value is -1.92. The van der Waals surface area contributed by atoms with Gasteiger partial charge in [-0.05, 0) is 24.1 Å². The van der Waals surface area contributed by atoms with Crippen LogP contribution in [0.4, 0.5) is 5.69 Å². The molecule has 1 aromatic rings. The lowest BCUT2D eigenvalue weighted by molar-refractivity contribution is -0.140. The second-order valence-corrected chi connectivity index (χ2v) is 3.84. The average molecular weight is 250 g/mol. The molecule has 6 nitrogen and oxygen atoms in total. The minimum Gasteiger partial charge on any atom is -0.469 e. The van der Waals surface area contributed by atoms with Gasteiger partial charge in [0.05, 0.1) is 19.2 Å². The number of rotatable bonds is 6. The van der Waals surface area contributed by atoms with Crippen LogP contribution in [0.15, 0.2) is 29.3 Å². The third kappa shape index (κ3) is 4.94. The van der Waals surface area contributed by atoms with Crippen LogP contribution in [0.3, 0.4) is 0 Å². The zero-order chi connectivity index (χ0) is 13.4. The Kier molecular flexibility index (Phi) is 5.83. The molecule has 1 unspecified atom stereocenters. The number of ether oxygens (including phenoxy) is 1. The highest BCUT2D eigenvalue weighted by atomic mass is 16.5. The lowest BCUT2D eigenvalue weighted by atomic mass is 10.0. The number of hydrogen-bond donors (Lipinski definition) is 3. The lowest BCUT2D eigenvalue weighted by Crippen LogP contribution is -2.26. The summed E-state index contributed by atoms with van der Waals surface area (Å²) in [7, 11) is 1.35. The van der Waals surface area contributed by atoms with Gasteiger partial charge in [-0.25, -0.2) is 10.8 Å². The third-order valence-corrected chi connectivity index (χ3v) is 2.35. The summed E-state index contributed by atoms with van der Waals surface area (Å²) in [6, 6.07) is 7.30. The minimum atomic E-state index is -0.302. The van der Waals surface area contributed by atoms with Crippen LogP contribution in [0.1, 0.15) is 12.0 Å². The summed E-state index contributed by atoms with van der Waals surface area (Å²) < 4.78 is 4.57. The van der Waals surface area contributed by atoms with Crippen molar-refractivity contribution < 1.29 is 9.53 Å². The smallest absolute Gasteiger partial charge is 0.307 e. The van der Waals surface area contributed by atoms with E-state index in [4.69, 9.17) is 11.6 Å². The Labute approximate surface area is 106 Å². The molecule has 0 spiro atoms. The van der Waals surface area contributed by atoms with E-state index in [-0.39, 0.29) is 18.4 Å². The molecule has 0 radical (unpaired) electrons. The van der Waals surface area contributed by atoms with Gasteiger partial charge >= 0.3 is 5.97 Å². The molecule has 5 N–H and O–H groups in total. The van der Waals surface area contributed by atoms with Crippen LogP contribution in [0.2, 0.25) is 0 Å². The zero-order valence-electron chi connectivity index (χ0n) is 10.3. The normalized spacial score (nSPS) is 12.4. The number of methoxy groups -OCH3 is 1. The first kappa shape index (κ1) is 14.1. The molecule has 1 rings (SSSR count). The van der Waals surface area contributed by atoms with Gasteiger partial charge in [0.25, 0.3) is 0 Å². The molecule has 0 fully saturated rings. The van der Waals surface area contributed by atoms with Gasteiger partial charge in [-0.15, -0.1) is 0 Å². The van der Waals surface area contributed by atoms with Crippen LogP contribution in [0.25, 0.3) is 0 Å². The van der Waals surface area contributed by atoms with Gasteiger partial charge in [0.15, 0.2) is 0 Å². The van der Waals surface area contributed by atoms with Crippen molar-refractivity contribution in [1.82, 2.24) is 5.43 Å². The van der Waals surface area contributed by atoms with E-state index in [0.29, 0.717) is 6.42 Å². The first-order valence-corrected chi connectivity index (χ1v) is 5.55. The Morgan fingerprint density at radius 1 is 1.61 bits per heavy atom. The minimum absolute atomic E-state index is 0.203. The Morgan fingerprint density at radius 2 is 2.39 bits per heavy atom. The van der Waals surface area contributed by atoms with Crippen LogP contribution in [-0.2, 0) is 16.0 Å². The maximum atomic E-state index is 11.1. The topological polar surface area (TPSA) is 103 Å². The molecule has 1 aromatic carbocycles. The summed E-state index contributed by atoms with van der Waals surface area (Å²) in [5.74, 6) is 4.79. The number of nitrogens with one attached hydrogen (secondary N) is 1. The highest BCUT2D eigenvalue weighted by molar-refractivity contribution is 5.70. The molecule has 1 atom stereocenters. The molecule has 0 aliphatic rings. The molecular formula is C12H18N4O2. The van der Waals surface area contributed by atoms with Crippen LogP contribution in [0.5, 0.6) is 0 Å². The number of hydrazine groups is 1. The van der Waals surface area contributed by atoms with Crippen molar-refractivity contribution in [3.05, 3.63) is 29.8 Å². The summed E-state index contributed by atoms with van der Waals surface area (Å²) >= 11 is 0. The molecule has 0 aliphatic heterocycles. The van der Waals surface area contributed by atoms with Crippen molar-refractivity contribution in [2.45, 2.75) is 18.9 Å². The Bertz CT molecular complexity index is 420. The van der Waals surface area contributed by atoms with Gasteiger partial charge in [0, 0.05) is 6.04 Å². The third-order valence-electron chi connectivity index (χ3n) is 2.35. The van der Waals surface area contributed by atoms with Crippen molar-refractivity contribution in [3.8, 4) is 0 Å². The van der Waals surface area contributed by atoms with E-state index in [1.165, 1.54) is 13.4 Å². The van der Waals surface area contributed by atoms with E-state index in [0.717, 1.165) is 11.3 Å². The van der Waals surface area contributed by atoms with Crippen molar-refractivity contribution >= 4 is 18.0 Å². The van der Waals surface area contributed by atoms with Crippen molar-refractivity contribution in [2.24, 2.45) is 16.6 Å². The summed E-state index contributed by atoms with van der Waals surface area (Å²) in [4.78, 5) is 15.1. The van der Waals surface area contributed by atoms with Gasteiger partial charge in [0.2, 0.25) is 0 Å². The molecule has 0 bridgehead atoms. The SMILES string of the molecule is COC(=O)CC(N)Cc1cccc(N=CNN)c1. The second kappa shape index (κ2) is 7.41. The fourth-order valence-corrected chi connectivity index (χ4v) is 1.55. The van der Waals surface area contributed by atoms with E-state index in [9.17, 15) is 4.79 Å². The van der Waals surface area contributed by atoms with Crippen LogP contribution < -0.4 is 17.0 Å². The molecule has 0 heterocycles. The lowest BCUT2D eigenvalue weighted by Gasteiger charge is -2.10. The monoisotopic (exact) mass is 250 g/mol. The maximum absolute atomic E-state index is 11.1. The fourth-order valence-electron chi connectivity index (χ4n) is 1.55. The first-order valence-electron chi connectivity index (χ1n) is 5.55. The molecule has 0 amide bonds. The highest BCUT2D eigenvalue weighted by Crippen LogP contribution is 2.15. The standard InChI is InChI=1S/C12H18N4O2/c1-18-12(17)7-10(13)5-9-3-2-4-11(6-9)15-8-16-14/h2-4,6,8,10H,5,7,13-14H2,1H3,(H,15,16). The van der Waals surface area contributed by atoms with Gasteiger partial charge in [0.1, 0.15) is 6.34 Å². The van der Waals surface area contributed by atoms with E-state index >= 15 is 0 Å². The largest absolute Gasteiger partial charge is 0.469 e. The highest BCUT2D eigenvalue weighted by Gasteiger charge is 2.10. The van der Waals surface area contributed by atoms with E-state index < -0.39 is 0 Å². The van der Waals surface area contributed by atoms with E-state index in [1.807, 2.05) is 24.3 Å². The molecule has 98 valence electrons. The number of carbonyl (C=O) groups excluding carboxylic acids is 1. The predicted octanol–water partition coefficient (Wildman–Crippen LogP) is 0.243. The van der Waals surface area contributed by atoms with Crippen LogP contribution in [0, 0.1) is 0 Å². The molecule has 0 saturated heterocycles. The zero-order valence-corrected chi connectivity index (χ0v) is 10.3. The second-order valence-electron chi connectivity index (χ2n) is 3.84. The number of hydrogen-bond acceptors (Lipinski definition) is 5. The first-order chi connectivity index (χ1) is 8.65. The number of aliphatic imine (C=N–C) groups is 1. The molecular weight excluding hydrogens is 232 g/mol. The number of nitrogens with two attached hydrogens (primary N) is 2. The molecule has 0 saturated carbocycles. The Balaban J connectivity index is 2.61. The van der Waals surface area contributed by atoms with Gasteiger partial charge < -0.3 is 15.9 Å². The molecule has 0 aromatic heterocycles. The van der Waals surface area contributed by atoms with E-state index in [1.54, 1.807) is 0 Å². The Morgan fingerprint density at radius 3 is 3.06 bits per heavy atom. The molecule has 6 heteroatoms. The number of benzene rings is 1. The summed E-state index contributed by atoms with van der Waals surface area (Å²) in [6.07, 6.45) is 2.19. The quantitative estimate of drug-likeness (QED) is 0.221. The summed E-state index contributed by atoms with van der Waals surface area (Å²) in [6.45, 7) is 0. The van der Waals surface area contributed by atoms with Crippen molar-refractivity contribution in [3.63, 3.8) is 0 Å². The number of nitrogens with zero attached hydrogens (tertiary/aromatic N) is 1. The van der Waals surface area contributed by atoms with Crippen LogP contribution >= 0.6 is 0 Å². The van der Waals surface area contributed by atoms with Gasteiger partial charge in [-0.1, -0.05) is 12.1 Å². The average Bonchev–Trinajstić information content (AvgIpc) is 2.36.